The van der Waals surface area contributed by atoms with Crippen molar-refractivity contribution in [2.24, 2.45) is 4.99 Å². The molecule has 0 saturated heterocycles. The van der Waals surface area contributed by atoms with Crippen molar-refractivity contribution in [3.05, 3.63) is 24.3 Å². The molecule has 0 spiro atoms. The van der Waals surface area contributed by atoms with E-state index in [2.05, 4.69) is 24.0 Å². The number of fused-ring (bicyclic) bond motifs is 1. The molecule has 1 nitrogen and oxygen atoms in total. The number of hydrogen-bond acceptors (Lipinski definition) is 3. The summed E-state index contributed by atoms with van der Waals surface area (Å²) in [6.07, 6.45) is 0. The van der Waals surface area contributed by atoms with Crippen molar-refractivity contribution in [1.29, 1.82) is 0 Å². The Kier molecular flexibility index (Phi) is 2.62. The molecule has 0 N–H and O–H groups in total. The second-order valence-electron chi connectivity index (χ2n) is 2.68. The molecule has 0 fully saturated rings. The topological polar surface area (TPSA) is 12.4 Å². The summed E-state index contributed by atoms with van der Waals surface area (Å²) in [5, 5.41) is 0. The smallest absolute Gasteiger partial charge is 0.0775 e. The maximum absolute atomic E-state index is 4.74. The Morgan fingerprint density at radius 3 is 3.00 bits per heavy atom. The van der Waals surface area contributed by atoms with E-state index in [9.17, 15) is 0 Å². The number of rotatable bonds is 2. The van der Waals surface area contributed by atoms with Gasteiger partial charge in [0.05, 0.1) is 11.2 Å². The first kappa shape index (κ1) is 9.49. The van der Waals surface area contributed by atoms with Crippen molar-refractivity contribution in [2.45, 2.75) is 11.8 Å². The molecule has 1 heterocycles. The quantitative estimate of drug-likeness (QED) is 0.596. The fourth-order valence-electron chi connectivity index (χ4n) is 1.27. The monoisotopic (exact) mass is 229 g/mol. The molecule has 1 aromatic carbocycles. The molecule has 70 valence electrons. The van der Waals surface area contributed by atoms with Crippen LogP contribution in [0.4, 0.5) is 5.69 Å². The molecule has 0 bridgehead atoms. The maximum atomic E-state index is 4.74. The van der Waals surface area contributed by atoms with E-state index >= 15 is 0 Å². The molecule has 4 heteroatoms. The maximum Gasteiger partial charge on any atom is 0.0775 e. The van der Waals surface area contributed by atoms with Gasteiger partial charge in [0, 0.05) is 10.6 Å². The molecule has 0 radical (unpaired) electrons. The standard InChI is InChI=1S/C9H11NS3/c1-2-12-13(11)7-10-8-5-3-4-6-9(8)13/h3-7,11H,2H2,1H3. The highest BCUT2D eigenvalue weighted by Gasteiger charge is 2.27. The normalized spacial score (nSPS) is 29.7. The number of aliphatic imine (C=N–C) groups is 1. The van der Waals surface area contributed by atoms with Gasteiger partial charge in [0.1, 0.15) is 0 Å². The summed E-state index contributed by atoms with van der Waals surface area (Å²) >= 11 is 4.74. The van der Waals surface area contributed by atoms with Crippen LogP contribution in [-0.4, -0.2) is 11.3 Å². The van der Waals surface area contributed by atoms with Crippen LogP contribution in [0.5, 0.6) is 0 Å². The second kappa shape index (κ2) is 3.59. The number of thiol groups is 1. The number of benzene rings is 1. The van der Waals surface area contributed by atoms with E-state index in [-0.39, 0.29) is 0 Å². The van der Waals surface area contributed by atoms with E-state index in [1.165, 1.54) is 4.90 Å². The first-order valence-electron chi connectivity index (χ1n) is 4.09. The predicted molar refractivity (Wildman–Crippen MR) is 67.6 cm³/mol. The van der Waals surface area contributed by atoms with Crippen LogP contribution in [0.3, 0.4) is 0 Å². The van der Waals surface area contributed by atoms with E-state index < -0.39 is 8.09 Å². The highest BCUT2D eigenvalue weighted by atomic mass is 33.5. The highest BCUT2D eigenvalue weighted by Crippen LogP contribution is 2.72. The van der Waals surface area contributed by atoms with Gasteiger partial charge in [0.15, 0.2) is 0 Å². The Hall–Kier alpha value is -0.0600. The molecule has 1 aromatic rings. The van der Waals surface area contributed by atoms with Crippen molar-refractivity contribution in [2.75, 3.05) is 5.75 Å². The van der Waals surface area contributed by atoms with Crippen molar-refractivity contribution in [3.8, 4) is 0 Å². The zero-order valence-electron chi connectivity index (χ0n) is 7.30. The van der Waals surface area contributed by atoms with E-state index in [1.807, 2.05) is 28.5 Å². The summed E-state index contributed by atoms with van der Waals surface area (Å²) in [5.41, 5.74) is 3.10. The lowest BCUT2D eigenvalue weighted by molar-refractivity contribution is 1.41. The van der Waals surface area contributed by atoms with E-state index in [0.717, 1.165) is 11.4 Å². The molecule has 1 atom stereocenters. The van der Waals surface area contributed by atoms with Crippen LogP contribution in [0.1, 0.15) is 6.92 Å². The van der Waals surface area contributed by atoms with Gasteiger partial charge >= 0.3 is 0 Å². The van der Waals surface area contributed by atoms with Gasteiger partial charge in [-0.1, -0.05) is 37.9 Å². The van der Waals surface area contributed by atoms with Gasteiger partial charge in [-0.05, 0) is 12.1 Å². The molecule has 0 aromatic heterocycles. The van der Waals surface area contributed by atoms with Crippen molar-refractivity contribution in [3.63, 3.8) is 0 Å². The van der Waals surface area contributed by atoms with Gasteiger partial charge in [0.2, 0.25) is 0 Å². The van der Waals surface area contributed by atoms with Gasteiger partial charge < -0.3 is 0 Å². The Morgan fingerprint density at radius 1 is 1.46 bits per heavy atom. The van der Waals surface area contributed by atoms with Crippen molar-refractivity contribution in [1.82, 2.24) is 0 Å². The molecular formula is C9H11NS3. The highest BCUT2D eigenvalue weighted by molar-refractivity contribution is 9.26. The van der Waals surface area contributed by atoms with Crippen LogP contribution in [-0.2, 0) is 0 Å². The Balaban J connectivity index is 2.42. The third-order valence-electron chi connectivity index (χ3n) is 1.81. The first-order chi connectivity index (χ1) is 6.26. The van der Waals surface area contributed by atoms with Crippen LogP contribution in [0, 0.1) is 0 Å². The zero-order valence-corrected chi connectivity index (χ0v) is 9.83. The third-order valence-corrected chi connectivity index (χ3v) is 8.18. The van der Waals surface area contributed by atoms with Gasteiger partial charge in [-0.2, -0.15) is 0 Å². The third kappa shape index (κ3) is 1.63. The number of nitrogens with zero attached hydrogens (tertiary/aromatic N) is 1. The fraction of sp³-hybridized carbons (Fsp3) is 0.222. The van der Waals surface area contributed by atoms with Crippen LogP contribution in [0.25, 0.3) is 0 Å². The fourth-order valence-corrected chi connectivity index (χ4v) is 6.63. The lowest BCUT2D eigenvalue weighted by Crippen LogP contribution is -1.84. The average molecular weight is 229 g/mol. The van der Waals surface area contributed by atoms with Crippen LogP contribution >= 0.6 is 30.5 Å². The second-order valence-corrected chi connectivity index (χ2v) is 10.0. The Labute approximate surface area is 88.6 Å². The molecule has 0 saturated carbocycles. The largest absolute Gasteiger partial charge is 0.248 e. The minimum Gasteiger partial charge on any atom is -0.248 e. The van der Waals surface area contributed by atoms with Gasteiger partial charge in [-0.15, -0.1) is 11.7 Å². The Bertz CT molecular complexity index is 350. The summed E-state index contributed by atoms with van der Waals surface area (Å²) in [7, 11) is 0.788. The summed E-state index contributed by atoms with van der Waals surface area (Å²) in [4.78, 5) is 5.68. The van der Waals surface area contributed by atoms with E-state index in [0.29, 0.717) is 0 Å². The summed E-state index contributed by atoms with van der Waals surface area (Å²) < 4.78 is 0. The summed E-state index contributed by atoms with van der Waals surface area (Å²) in [6, 6.07) is 8.26. The molecule has 0 aliphatic carbocycles. The lowest BCUT2D eigenvalue weighted by atomic mass is 10.3. The molecule has 0 amide bonds. The SMILES string of the molecule is CCSS1(S)C=Nc2ccccc21. The molecule has 2 rings (SSSR count). The van der Waals surface area contributed by atoms with Gasteiger partial charge in [-0.25, -0.2) is 4.99 Å². The van der Waals surface area contributed by atoms with Crippen LogP contribution in [0.15, 0.2) is 34.2 Å². The average Bonchev–Trinajstić information content (AvgIpc) is 2.46. The Morgan fingerprint density at radius 2 is 2.23 bits per heavy atom. The molecular weight excluding hydrogens is 218 g/mol. The number of para-hydroxylation sites is 1. The van der Waals surface area contributed by atoms with Gasteiger partial charge in [-0.3, -0.25) is 0 Å². The molecule has 13 heavy (non-hydrogen) atoms. The minimum atomic E-state index is -1.09. The molecule has 1 aliphatic heterocycles. The number of hydrogen-bond donors (Lipinski definition) is 1. The summed E-state index contributed by atoms with van der Waals surface area (Å²) in [5.74, 6) is 1.08. The minimum absolute atomic E-state index is 1.08. The van der Waals surface area contributed by atoms with E-state index in [1.54, 1.807) is 0 Å². The lowest BCUT2D eigenvalue weighted by Gasteiger charge is -2.25. The first-order valence-corrected chi connectivity index (χ1v) is 8.34. The predicted octanol–water partition coefficient (Wildman–Crippen LogP) is 4.04. The van der Waals surface area contributed by atoms with Crippen LogP contribution < -0.4 is 0 Å². The van der Waals surface area contributed by atoms with Crippen molar-refractivity contribution < 1.29 is 0 Å². The van der Waals surface area contributed by atoms with Crippen LogP contribution in [0.2, 0.25) is 0 Å². The van der Waals surface area contributed by atoms with Crippen molar-refractivity contribution >= 4 is 41.8 Å². The molecule has 1 unspecified atom stereocenters. The van der Waals surface area contributed by atoms with Gasteiger partial charge in [0.25, 0.3) is 0 Å². The van der Waals surface area contributed by atoms with E-state index in [4.69, 9.17) is 11.7 Å². The zero-order chi connectivity index (χ0) is 9.31. The molecule has 1 aliphatic rings. The summed E-state index contributed by atoms with van der Waals surface area (Å²) in [6.45, 7) is 2.16.